The van der Waals surface area contributed by atoms with Gasteiger partial charge in [-0.25, -0.2) is 0 Å². The third-order valence-corrected chi connectivity index (χ3v) is 8.89. The highest BCUT2D eigenvalue weighted by atomic mass is 16.4. The molecule has 0 fully saturated rings. The zero-order chi connectivity index (χ0) is 29.7. The van der Waals surface area contributed by atoms with Crippen molar-refractivity contribution in [3.05, 3.63) is 158 Å². The van der Waals surface area contributed by atoms with Crippen LogP contribution >= 0.6 is 0 Å². The molecule has 9 rings (SSSR count). The van der Waals surface area contributed by atoms with Crippen molar-refractivity contribution >= 4 is 43.1 Å². The molecule has 0 saturated carbocycles. The molecule has 9 aromatic rings. The van der Waals surface area contributed by atoms with E-state index >= 15 is 0 Å². The second-order valence-electron chi connectivity index (χ2n) is 11.4. The summed E-state index contributed by atoms with van der Waals surface area (Å²) in [5, 5.41) is 18.5. The van der Waals surface area contributed by atoms with Crippen molar-refractivity contribution in [2.24, 2.45) is 0 Å². The molecule has 3 heteroatoms. The van der Waals surface area contributed by atoms with Crippen LogP contribution in [0, 0.1) is 0 Å². The van der Waals surface area contributed by atoms with Crippen molar-refractivity contribution < 1.29 is 4.42 Å². The topological polar surface area (TPSA) is 38.9 Å². The first-order valence-electron chi connectivity index (χ1n) is 15.2. The number of nitrogens with zero attached hydrogens (tertiary/aromatic N) is 2. The summed E-state index contributed by atoms with van der Waals surface area (Å²) < 4.78 is 6.48. The Hall–Kier alpha value is -6.06. The molecule has 0 amide bonds. The third-order valence-electron chi connectivity index (χ3n) is 8.89. The lowest BCUT2D eigenvalue weighted by atomic mass is 9.92. The zero-order valence-electron chi connectivity index (χ0n) is 24.3. The van der Waals surface area contributed by atoms with Crippen LogP contribution in [0.4, 0.5) is 0 Å². The van der Waals surface area contributed by atoms with E-state index in [1.807, 2.05) is 0 Å². The Morgan fingerprint density at radius 1 is 0.267 bits per heavy atom. The van der Waals surface area contributed by atoms with Crippen molar-refractivity contribution in [3.8, 4) is 45.2 Å². The van der Waals surface area contributed by atoms with E-state index in [4.69, 9.17) is 4.42 Å². The maximum Gasteiger partial charge on any atom is 0.248 e. The highest BCUT2D eigenvalue weighted by Gasteiger charge is 2.19. The van der Waals surface area contributed by atoms with Crippen LogP contribution in [0.3, 0.4) is 0 Å². The predicted octanol–water partition coefficient (Wildman–Crippen LogP) is 11.4. The lowest BCUT2D eigenvalue weighted by molar-refractivity contribution is 0.586. The van der Waals surface area contributed by atoms with Crippen molar-refractivity contribution in [2.45, 2.75) is 0 Å². The first-order chi connectivity index (χ1) is 22.3. The Labute approximate surface area is 260 Å². The summed E-state index contributed by atoms with van der Waals surface area (Å²) in [6.45, 7) is 0. The maximum absolute atomic E-state index is 6.48. The molecule has 0 bridgehead atoms. The Balaban J connectivity index is 1.17. The van der Waals surface area contributed by atoms with E-state index < -0.39 is 0 Å². The maximum atomic E-state index is 6.48. The minimum absolute atomic E-state index is 0.507. The molecule has 1 heterocycles. The second-order valence-corrected chi connectivity index (χ2v) is 11.4. The molecule has 0 N–H and O–H groups in total. The fraction of sp³-hybridized carbons (Fsp3) is 0. The Morgan fingerprint density at radius 3 is 1.02 bits per heavy atom. The summed E-state index contributed by atoms with van der Waals surface area (Å²) in [7, 11) is 0. The molecule has 0 spiro atoms. The van der Waals surface area contributed by atoms with Crippen molar-refractivity contribution in [2.75, 3.05) is 0 Å². The van der Waals surface area contributed by atoms with Gasteiger partial charge in [-0.3, -0.25) is 0 Å². The van der Waals surface area contributed by atoms with Gasteiger partial charge in [-0.05, 0) is 77.5 Å². The van der Waals surface area contributed by atoms with Gasteiger partial charge in [0.15, 0.2) is 0 Å². The molecule has 0 atom stereocenters. The lowest BCUT2D eigenvalue weighted by Crippen LogP contribution is -1.87. The van der Waals surface area contributed by atoms with E-state index in [0.29, 0.717) is 11.8 Å². The molecule has 1 aromatic heterocycles. The molecular weight excluding hydrogens is 548 g/mol. The Bertz CT molecular complexity index is 2370. The van der Waals surface area contributed by atoms with Gasteiger partial charge in [-0.1, -0.05) is 146 Å². The largest absolute Gasteiger partial charge is 0.416 e. The molecule has 8 aromatic carbocycles. The van der Waals surface area contributed by atoms with E-state index in [1.165, 1.54) is 43.8 Å². The SMILES string of the molecule is c1ccc2c(-c3ccc(-c4nnc(-c5ccc(-c6cccc7ccccc67)c6ccccc56)o4)c4ccccc34)cccc2c1. The van der Waals surface area contributed by atoms with Crippen molar-refractivity contribution in [3.63, 3.8) is 0 Å². The monoisotopic (exact) mass is 574 g/mol. The zero-order valence-corrected chi connectivity index (χ0v) is 24.3. The number of benzene rings is 8. The fourth-order valence-corrected chi connectivity index (χ4v) is 6.80. The average Bonchev–Trinajstić information content (AvgIpc) is 3.60. The number of hydrogen-bond donors (Lipinski definition) is 0. The molecule has 0 radical (unpaired) electrons. The second kappa shape index (κ2) is 10.3. The van der Waals surface area contributed by atoms with Crippen LogP contribution in [0.2, 0.25) is 0 Å². The number of hydrogen-bond acceptors (Lipinski definition) is 3. The predicted molar refractivity (Wildman–Crippen MR) is 186 cm³/mol. The molecule has 3 nitrogen and oxygen atoms in total. The van der Waals surface area contributed by atoms with Gasteiger partial charge in [0.05, 0.1) is 0 Å². The van der Waals surface area contributed by atoms with Crippen LogP contribution < -0.4 is 0 Å². The molecule has 0 saturated heterocycles. The molecular formula is C42H26N2O. The van der Waals surface area contributed by atoms with Crippen LogP contribution in [-0.4, -0.2) is 10.2 Å². The summed E-state index contributed by atoms with van der Waals surface area (Å²) in [6.07, 6.45) is 0. The molecule has 0 unspecified atom stereocenters. The molecule has 45 heavy (non-hydrogen) atoms. The number of rotatable bonds is 4. The van der Waals surface area contributed by atoms with Crippen molar-refractivity contribution in [1.82, 2.24) is 10.2 Å². The van der Waals surface area contributed by atoms with Crippen LogP contribution in [-0.2, 0) is 0 Å². The molecule has 0 aliphatic carbocycles. The van der Waals surface area contributed by atoms with Crippen LogP contribution in [0.15, 0.2) is 162 Å². The van der Waals surface area contributed by atoms with Gasteiger partial charge in [0.25, 0.3) is 0 Å². The van der Waals surface area contributed by atoms with Crippen LogP contribution in [0.1, 0.15) is 0 Å². The van der Waals surface area contributed by atoms with Gasteiger partial charge in [-0.15, -0.1) is 10.2 Å². The molecule has 0 aliphatic rings. The van der Waals surface area contributed by atoms with Gasteiger partial charge < -0.3 is 4.42 Å². The smallest absolute Gasteiger partial charge is 0.248 e. The third kappa shape index (κ3) is 4.13. The van der Waals surface area contributed by atoms with Gasteiger partial charge >= 0.3 is 0 Å². The first kappa shape index (κ1) is 25.4. The quantitative estimate of drug-likeness (QED) is 0.210. The minimum atomic E-state index is 0.507. The van der Waals surface area contributed by atoms with Gasteiger partial charge in [0.1, 0.15) is 0 Å². The van der Waals surface area contributed by atoms with Gasteiger partial charge in [-0.2, -0.15) is 0 Å². The van der Waals surface area contributed by atoms with Gasteiger partial charge in [0, 0.05) is 11.1 Å². The summed E-state index contributed by atoms with van der Waals surface area (Å²) in [5.74, 6) is 1.01. The average molecular weight is 575 g/mol. The summed E-state index contributed by atoms with van der Waals surface area (Å²) in [4.78, 5) is 0. The van der Waals surface area contributed by atoms with Crippen LogP contribution in [0.25, 0.3) is 88.3 Å². The number of aromatic nitrogens is 2. The van der Waals surface area contributed by atoms with Crippen molar-refractivity contribution in [1.29, 1.82) is 0 Å². The standard InChI is InChI=1S/C42H26N2O/c1-3-15-29-27(11-1)13-9-21-31(29)37-23-25-39(35-19-7-5-17-33(35)37)41-43-44-42(45-41)40-26-24-38(34-18-6-8-20-36(34)40)32-22-10-14-28-12-2-4-16-30(28)32/h1-26H. The minimum Gasteiger partial charge on any atom is -0.416 e. The highest BCUT2D eigenvalue weighted by molar-refractivity contribution is 6.10. The Kier molecular flexibility index (Phi) is 5.82. The van der Waals surface area contributed by atoms with E-state index in [9.17, 15) is 0 Å². The van der Waals surface area contributed by atoms with E-state index in [2.05, 4.69) is 168 Å². The molecule has 0 aliphatic heterocycles. The lowest BCUT2D eigenvalue weighted by Gasteiger charge is -2.13. The van der Waals surface area contributed by atoms with E-state index in [1.54, 1.807) is 0 Å². The van der Waals surface area contributed by atoms with Gasteiger partial charge in [0.2, 0.25) is 11.8 Å². The van der Waals surface area contributed by atoms with E-state index in [-0.39, 0.29) is 0 Å². The first-order valence-corrected chi connectivity index (χ1v) is 15.2. The Morgan fingerprint density at radius 2 is 0.578 bits per heavy atom. The summed E-state index contributed by atoms with van der Waals surface area (Å²) >= 11 is 0. The summed E-state index contributed by atoms with van der Waals surface area (Å²) in [6, 6.07) is 55.5. The fourth-order valence-electron chi connectivity index (χ4n) is 6.80. The molecule has 210 valence electrons. The number of fused-ring (bicyclic) bond motifs is 4. The van der Waals surface area contributed by atoms with E-state index in [0.717, 1.165) is 32.7 Å². The highest BCUT2D eigenvalue weighted by Crippen LogP contribution is 2.41. The van der Waals surface area contributed by atoms with Crippen LogP contribution in [0.5, 0.6) is 0 Å². The normalized spacial score (nSPS) is 11.6. The summed E-state index contributed by atoms with van der Waals surface area (Å²) in [5.41, 5.74) is 6.62.